The van der Waals surface area contributed by atoms with Crippen LogP contribution in [0, 0.1) is 17.5 Å². The number of hydrogen-bond donors (Lipinski definition) is 2. The SMILES string of the molecule is CCc1nc(CN(C)C(=O)O[C@H]2CO[C@H](CCc3c(F)cncc3NC(=O)CC(c3ccc(F)cc3)c3ccc(F)cc3)CN2)no1. The van der Waals surface area contributed by atoms with Crippen LogP contribution in [0.3, 0.4) is 0 Å². The number of carbonyl (C=O) groups excluding carboxylic acids is 2. The maximum Gasteiger partial charge on any atom is 0.411 e. The van der Waals surface area contributed by atoms with Crippen LogP contribution >= 0.6 is 0 Å². The molecule has 0 bridgehead atoms. The second-order valence-corrected chi connectivity index (χ2v) is 11.1. The van der Waals surface area contributed by atoms with E-state index in [0.717, 1.165) is 6.20 Å². The molecule has 14 heteroatoms. The zero-order chi connectivity index (χ0) is 33.3. The fourth-order valence-electron chi connectivity index (χ4n) is 5.19. The summed E-state index contributed by atoms with van der Waals surface area (Å²) in [6, 6.07) is 11.5. The molecule has 2 aromatic carbocycles. The van der Waals surface area contributed by atoms with Gasteiger partial charge in [0.25, 0.3) is 0 Å². The number of nitrogens with one attached hydrogen (secondary N) is 2. The van der Waals surface area contributed by atoms with Gasteiger partial charge in [0.1, 0.15) is 17.5 Å². The molecule has 1 fully saturated rings. The lowest BCUT2D eigenvalue weighted by atomic mass is 9.88. The Hall–Kier alpha value is -4.82. The van der Waals surface area contributed by atoms with Crippen molar-refractivity contribution < 1.29 is 36.8 Å². The molecule has 0 saturated carbocycles. The first kappa shape index (κ1) is 33.5. The first-order chi connectivity index (χ1) is 22.7. The molecule has 2 atom stereocenters. The Labute approximate surface area is 269 Å². The Morgan fingerprint density at radius 3 is 2.34 bits per heavy atom. The van der Waals surface area contributed by atoms with E-state index in [-0.39, 0.29) is 43.3 Å². The van der Waals surface area contributed by atoms with Gasteiger partial charge in [-0.1, -0.05) is 36.3 Å². The van der Waals surface area contributed by atoms with E-state index in [2.05, 4.69) is 25.8 Å². The van der Waals surface area contributed by atoms with Crippen LogP contribution in [-0.2, 0) is 33.7 Å². The van der Waals surface area contributed by atoms with Crippen LogP contribution in [0.25, 0.3) is 0 Å². The monoisotopic (exact) mass is 652 g/mol. The normalized spacial score (nSPS) is 16.2. The number of pyridine rings is 1. The maximum atomic E-state index is 15.0. The number of hydrogen-bond acceptors (Lipinski definition) is 9. The molecule has 2 amide bonds. The van der Waals surface area contributed by atoms with E-state index in [1.54, 1.807) is 31.3 Å². The van der Waals surface area contributed by atoms with Crippen molar-refractivity contribution >= 4 is 17.7 Å². The minimum Gasteiger partial charge on any atom is -0.428 e. The summed E-state index contributed by atoms with van der Waals surface area (Å²) >= 11 is 0. The molecule has 47 heavy (non-hydrogen) atoms. The first-order valence-corrected chi connectivity index (χ1v) is 15.2. The maximum absolute atomic E-state index is 15.0. The van der Waals surface area contributed by atoms with Crippen LogP contribution in [-0.4, -0.2) is 64.6 Å². The molecule has 0 radical (unpaired) electrons. The Morgan fingerprint density at radius 1 is 1.06 bits per heavy atom. The molecule has 0 unspecified atom stereocenters. The van der Waals surface area contributed by atoms with Gasteiger partial charge in [0.05, 0.1) is 37.3 Å². The van der Waals surface area contributed by atoms with Gasteiger partial charge >= 0.3 is 6.09 Å². The predicted octanol–water partition coefficient (Wildman–Crippen LogP) is 5.12. The van der Waals surface area contributed by atoms with Crippen molar-refractivity contribution in [3.63, 3.8) is 0 Å². The number of morpholine rings is 1. The van der Waals surface area contributed by atoms with Crippen molar-refractivity contribution in [2.24, 2.45) is 0 Å². The summed E-state index contributed by atoms with van der Waals surface area (Å²) < 4.78 is 58.6. The lowest BCUT2D eigenvalue weighted by Crippen LogP contribution is -2.49. The van der Waals surface area contributed by atoms with Gasteiger partial charge in [-0.15, -0.1) is 0 Å². The highest BCUT2D eigenvalue weighted by atomic mass is 19.1. The van der Waals surface area contributed by atoms with Gasteiger partial charge in [0, 0.05) is 37.9 Å². The molecule has 248 valence electrons. The van der Waals surface area contributed by atoms with Crippen molar-refractivity contribution in [1.82, 2.24) is 25.3 Å². The number of amides is 2. The largest absolute Gasteiger partial charge is 0.428 e. The molecule has 11 nitrogen and oxygen atoms in total. The molecule has 1 aliphatic heterocycles. The number of benzene rings is 2. The van der Waals surface area contributed by atoms with Gasteiger partial charge in [0.15, 0.2) is 12.1 Å². The van der Waals surface area contributed by atoms with E-state index in [0.29, 0.717) is 42.2 Å². The van der Waals surface area contributed by atoms with Crippen molar-refractivity contribution in [1.29, 1.82) is 0 Å². The summed E-state index contributed by atoms with van der Waals surface area (Å²) in [6.45, 7) is 2.43. The fourth-order valence-corrected chi connectivity index (χ4v) is 5.19. The number of nitrogens with zero attached hydrogens (tertiary/aromatic N) is 4. The van der Waals surface area contributed by atoms with Crippen molar-refractivity contribution in [2.45, 2.75) is 57.4 Å². The minimum absolute atomic E-state index is 0.0624. The van der Waals surface area contributed by atoms with E-state index < -0.39 is 41.6 Å². The zero-order valence-corrected chi connectivity index (χ0v) is 25.9. The van der Waals surface area contributed by atoms with Gasteiger partial charge < -0.3 is 24.2 Å². The lowest BCUT2D eigenvalue weighted by Gasteiger charge is -2.31. The third kappa shape index (κ3) is 9.14. The molecule has 0 aliphatic carbocycles. The Balaban J connectivity index is 1.14. The fraction of sp³-hybridized carbons (Fsp3) is 0.364. The number of aryl methyl sites for hydroxylation is 1. The summed E-state index contributed by atoms with van der Waals surface area (Å²) in [5.41, 5.74) is 1.82. The summed E-state index contributed by atoms with van der Waals surface area (Å²) in [5, 5.41) is 9.72. The molecular weight excluding hydrogens is 617 g/mol. The first-order valence-electron chi connectivity index (χ1n) is 15.2. The number of anilines is 1. The number of halogens is 3. The third-order valence-electron chi connectivity index (χ3n) is 7.73. The van der Waals surface area contributed by atoms with E-state index >= 15 is 0 Å². The van der Waals surface area contributed by atoms with Gasteiger partial charge in [-0.3, -0.25) is 15.1 Å². The number of carbonyl (C=O) groups is 2. The van der Waals surface area contributed by atoms with Gasteiger partial charge in [-0.05, 0) is 48.2 Å². The Morgan fingerprint density at radius 2 is 1.74 bits per heavy atom. The smallest absolute Gasteiger partial charge is 0.411 e. The second-order valence-electron chi connectivity index (χ2n) is 11.1. The van der Waals surface area contributed by atoms with Crippen LogP contribution in [0.4, 0.5) is 23.7 Å². The predicted molar refractivity (Wildman–Crippen MR) is 164 cm³/mol. The standard InChI is InChI=1S/C33H35F3N6O5/c1-3-31-40-29(41-47-31)18-42(2)33(44)46-32-19-45-24(15-38-32)12-13-25-27(36)16-37-17-28(25)39-30(43)14-26(20-4-8-22(34)9-5-20)21-6-10-23(35)11-7-21/h4-11,16-17,24,26,32,38H,3,12-15,18-19H2,1-2H3,(H,39,43)/t24-,32+/m1/s1. The molecule has 2 aromatic heterocycles. The lowest BCUT2D eigenvalue weighted by molar-refractivity contribution is -0.116. The minimum atomic E-state index is -0.680. The molecule has 4 aromatic rings. The van der Waals surface area contributed by atoms with E-state index in [1.165, 1.54) is 35.4 Å². The highest BCUT2D eigenvalue weighted by Crippen LogP contribution is 2.30. The quantitative estimate of drug-likeness (QED) is 0.214. The molecule has 5 rings (SSSR count). The topological polar surface area (TPSA) is 132 Å². The number of ether oxygens (including phenoxy) is 2. The van der Waals surface area contributed by atoms with Crippen LogP contribution in [0.15, 0.2) is 65.4 Å². The van der Waals surface area contributed by atoms with Crippen LogP contribution in [0.1, 0.15) is 54.1 Å². The van der Waals surface area contributed by atoms with Crippen LogP contribution < -0.4 is 10.6 Å². The summed E-state index contributed by atoms with van der Waals surface area (Å²) in [4.78, 5) is 35.2. The summed E-state index contributed by atoms with van der Waals surface area (Å²) in [5.74, 6) is -1.50. The van der Waals surface area contributed by atoms with Crippen LogP contribution in [0.5, 0.6) is 0 Å². The van der Waals surface area contributed by atoms with Crippen molar-refractivity contribution in [3.8, 4) is 0 Å². The zero-order valence-electron chi connectivity index (χ0n) is 25.9. The highest BCUT2D eigenvalue weighted by Gasteiger charge is 2.27. The van der Waals surface area contributed by atoms with Crippen LogP contribution in [0.2, 0.25) is 0 Å². The second kappa shape index (κ2) is 15.6. The van der Waals surface area contributed by atoms with E-state index in [9.17, 15) is 22.8 Å². The Kier molecular flexibility index (Phi) is 11.2. The molecule has 0 spiro atoms. The van der Waals surface area contributed by atoms with Gasteiger partial charge in [-0.25, -0.2) is 18.0 Å². The van der Waals surface area contributed by atoms with E-state index in [1.807, 2.05) is 6.92 Å². The summed E-state index contributed by atoms with van der Waals surface area (Å²) in [7, 11) is 1.56. The molecule has 1 aliphatic rings. The number of aromatic nitrogens is 3. The summed E-state index contributed by atoms with van der Waals surface area (Å²) in [6.07, 6.45) is 2.04. The molecular formula is C33H35F3N6O5. The van der Waals surface area contributed by atoms with Crippen molar-refractivity contribution in [2.75, 3.05) is 25.5 Å². The van der Waals surface area contributed by atoms with Crippen molar-refractivity contribution in [3.05, 3.63) is 107 Å². The third-order valence-corrected chi connectivity index (χ3v) is 7.73. The van der Waals surface area contributed by atoms with Gasteiger partial charge in [0.2, 0.25) is 11.8 Å². The average Bonchev–Trinajstić information content (AvgIpc) is 3.52. The van der Waals surface area contributed by atoms with E-state index in [4.69, 9.17) is 14.0 Å². The average molecular weight is 653 g/mol. The Bertz CT molecular complexity index is 1600. The number of rotatable bonds is 12. The molecule has 1 saturated heterocycles. The van der Waals surface area contributed by atoms with Gasteiger partial charge in [-0.2, -0.15) is 4.98 Å². The highest BCUT2D eigenvalue weighted by molar-refractivity contribution is 5.92. The molecule has 3 heterocycles. The molecule has 2 N–H and O–H groups in total.